The van der Waals surface area contributed by atoms with E-state index < -0.39 is 0 Å². The van der Waals surface area contributed by atoms with Gasteiger partial charge in [0.25, 0.3) is 0 Å². The number of para-hydroxylation sites is 4. The third-order valence-electron chi connectivity index (χ3n) is 5.78. The molecule has 0 saturated carbocycles. The third kappa shape index (κ3) is 3.42. The van der Waals surface area contributed by atoms with Crippen molar-refractivity contribution in [2.45, 2.75) is 0 Å². The number of nitriles is 1. The normalized spacial score (nSPS) is 11.7. The lowest BCUT2D eigenvalue weighted by molar-refractivity contribution is 1.17. The number of hydrogen-bond donors (Lipinski definition) is 3. The van der Waals surface area contributed by atoms with E-state index in [0.29, 0.717) is 22.3 Å². The molecule has 0 spiro atoms. The largest absolute Gasteiger partial charge is 0.308 e. The average molecular weight is 441 g/mol. The summed E-state index contributed by atoms with van der Waals surface area (Å²) in [7, 11) is 0. The van der Waals surface area contributed by atoms with E-state index >= 15 is 0 Å². The van der Waals surface area contributed by atoms with Gasteiger partial charge in [-0.3, -0.25) is 0 Å². The minimum absolute atomic E-state index is 0.489. The lowest BCUT2D eigenvalue weighted by atomic mass is 10.0. The smallest absolute Gasteiger partial charge is 0.0992 e. The molecule has 0 bridgehead atoms. The first-order valence-corrected chi connectivity index (χ1v) is 10.7. The van der Waals surface area contributed by atoms with Crippen molar-refractivity contribution >= 4 is 52.8 Å². The molecule has 6 nitrogen and oxygen atoms in total. The van der Waals surface area contributed by atoms with E-state index in [9.17, 15) is 5.26 Å². The van der Waals surface area contributed by atoms with Crippen molar-refractivity contribution in [1.29, 1.82) is 21.5 Å². The number of anilines is 6. The summed E-state index contributed by atoms with van der Waals surface area (Å²) < 4.78 is 0. The van der Waals surface area contributed by atoms with Crippen molar-refractivity contribution in [2.24, 2.45) is 0 Å². The summed E-state index contributed by atoms with van der Waals surface area (Å²) >= 11 is 0. The average Bonchev–Trinajstić information content (AvgIpc) is 2.90. The highest BCUT2D eigenvalue weighted by Gasteiger charge is 2.30. The Morgan fingerprint density at radius 1 is 0.559 bits per heavy atom. The van der Waals surface area contributed by atoms with Gasteiger partial charge in [0.15, 0.2) is 0 Å². The zero-order chi connectivity index (χ0) is 23.7. The predicted octanol–water partition coefficient (Wildman–Crippen LogP) is 6.80. The highest BCUT2D eigenvalue weighted by Crippen LogP contribution is 2.54. The molecule has 1 aliphatic heterocycles. The second kappa shape index (κ2) is 8.49. The Balaban J connectivity index is 1.80. The molecule has 0 aliphatic carbocycles. The fourth-order valence-electron chi connectivity index (χ4n) is 4.37. The predicted molar refractivity (Wildman–Crippen MR) is 138 cm³/mol. The van der Waals surface area contributed by atoms with Crippen LogP contribution in [0.4, 0.5) is 34.1 Å². The van der Waals surface area contributed by atoms with E-state index in [-0.39, 0.29) is 0 Å². The van der Waals surface area contributed by atoms with E-state index in [4.69, 9.17) is 16.2 Å². The SMILES string of the molecule is N#Cc1cc(C=N)cc(N2c3ccccc3N(c3cc(C=N)cc(C=N)c3)c3ccccc32)c1. The van der Waals surface area contributed by atoms with Crippen LogP contribution in [0.5, 0.6) is 0 Å². The summed E-state index contributed by atoms with van der Waals surface area (Å²) in [6.45, 7) is 0. The number of benzene rings is 4. The molecule has 4 aromatic rings. The molecule has 5 rings (SSSR count). The molecule has 1 heterocycles. The van der Waals surface area contributed by atoms with Crippen LogP contribution in [-0.4, -0.2) is 18.6 Å². The quantitative estimate of drug-likeness (QED) is 0.262. The summed E-state index contributed by atoms with van der Waals surface area (Å²) in [5, 5.41) is 32.8. The van der Waals surface area contributed by atoms with E-state index in [2.05, 4.69) is 15.9 Å². The van der Waals surface area contributed by atoms with Crippen LogP contribution < -0.4 is 9.80 Å². The second-order valence-corrected chi connectivity index (χ2v) is 7.86. The Kier molecular flexibility index (Phi) is 5.21. The fourth-order valence-corrected chi connectivity index (χ4v) is 4.37. The minimum Gasteiger partial charge on any atom is -0.308 e. The Bertz CT molecular complexity index is 1420. The van der Waals surface area contributed by atoms with E-state index in [0.717, 1.165) is 34.1 Å². The van der Waals surface area contributed by atoms with Gasteiger partial charge < -0.3 is 26.0 Å². The van der Waals surface area contributed by atoms with Crippen molar-refractivity contribution in [1.82, 2.24) is 0 Å². The molecule has 0 unspecified atom stereocenters. The topological polar surface area (TPSA) is 102 Å². The molecule has 3 N–H and O–H groups in total. The summed E-state index contributed by atoms with van der Waals surface area (Å²) in [5.74, 6) is 0. The van der Waals surface area contributed by atoms with Crippen molar-refractivity contribution in [2.75, 3.05) is 9.80 Å². The molecule has 0 aromatic heterocycles. The van der Waals surface area contributed by atoms with Crippen molar-refractivity contribution in [3.05, 3.63) is 107 Å². The highest BCUT2D eigenvalue weighted by atomic mass is 15.3. The van der Waals surface area contributed by atoms with Gasteiger partial charge in [0.1, 0.15) is 0 Å². The first-order valence-electron chi connectivity index (χ1n) is 10.7. The molecule has 0 saturated heterocycles. The second-order valence-electron chi connectivity index (χ2n) is 7.86. The first kappa shape index (κ1) is 20.9. The van der Waals surface area contributed by atoms with Crippen LogP contribution in [0.25, 0.3) is 0 Å². The van der Waals surface area contributed by atoms with E-state index in [1.165, 1.54) is 18.6 Å². The molecule has 4 aromatic carbocycles. The maximum Gasteiger partial charge on any atom is 0.0992 e. The van der Waals surface area contributed by atoms with Gasteiger partial charge in [-0.15, -0.1) is 0 Å². The molecular formula is C28H20N6. The lowest BCUT2D eigenvalue weighted by Crippen LogP contribution is -2.24. The number of fused-ring (bicyclic) bond motifs is 2. The van der Waals surface area contributed by atoms with Crippen LogP contribution >= 0.6 is 0 Å². The van der Waals surface area contributed by atoms with Crippen LogP contribution in [-0.2, 0) is 0 Å². The van der Waals surface area contributed by atoms with Crippen LogP contribution in [0.1, 0.15) is 22.3 Å². The molecular weight excluding hydrogens is 420 g/mol. The van der Waals surface area contributed by atoms with Gasteiger partial charge in [-0.05, 0) is 77.4 Å². The van der Waals surface area contributed by atoms with Crippen molar-refractivity contribution in [3.63, 3.8) is 0 Å². The Morgan fingerprint density at radius 3 is 1.32 bits per heavy atom. The summed E-state index contributed by atoms with van der Waals surface area (Å²) in [6.07, 6.45) is 3.83. The van der Waals surface area contributed by atoms with Gasteiger partial charge in [-0.1, -0.05) is 24.3 Å². The van der Waals surface area contributed by atoms with E-state index in [1.807, 2.05) is 78.9 Å². The molecule has 0 atom stereocenters. The van der Waals surface area contributed by atoms with Gasteiger partial charge in [0, 0.05) is 30.0 Å². The Labute approximate surface area is 197 Å². The molecule has 34 heavy (non-hydrogen) atoms. The van der Waals surface area contributed by atoms with Gasteiger partial charge in [0.05, 0.1) is 34.4 Å². The number of hydrogen-bond acceptors (Lipinski definition) is 6. The zero-order valence-electron chi connectivity index (χ0n) is 18.2. The molecule has 0 amide bonds. The van der Waals surface area contributed by atoms with Crippen LogP contribution in [0.15, 0.2) is 84.9 Å². The lowest BCUT2D eigenvalue weighted by Gasteiger charge is -2.40. The van der Waals surface area contributed by atoms with Crippen molar-refractivity contribution in [3.8, 4) is 6.07 Å². The van der Waals surface area contributed by atoms with Crippen LogP contribution in [0.2, 0.25) is 0 Å². The van der Waals surface area contributed by atoms with Gasteiger partial charge >= 0.3 is 0 Å². The molecule has 162 valence electrons. The standard InChI is InChI=1S/C28H20N6/c29-15-19-9-20(16-30)12-23(11-19)33-25-5-1-2-6-26(25)34(28-8-4-3-7-27(28)33)24-13-21(17-31)10-22(14-24)18-32/h1-17,29-31H. The zero-order valence-corrected chi connectivity index (χ0v) is 18.2. The Morgan fingerprint density at radius 2 is 0.941 bits per heavy atom. The number of nitrogens with zero attached hydrogens (tertiary/aromatic N) is 3. The van der Waals surface area contributed by atoms with Crippen molar-refractivity contribution < 1.29 is 0 Å². The fraction of sp³-hybridized carbons (Fsp3) is 0. The summed E-state index contributed by atoms with van der Waals surface area (Å²) in [6, 6.07) is 29.3. The van der Waals surface area contributed by atoms with Gasteiger partial charge in [0.2, 0.25) is 0 Å². The maximum absolute atomic E-state index is 9.57. The Hall–Kier alpha value is -5.02. The third-order valence-corrected chi connectivity index (χ3v) is 5.78. The van der Waals surface area contributed by atoms with Gasteiger partial charge in [-0.2, -0.15) is 5.26 Å². The highest BCUT2D eigenvalue weighted by molar-refractivity contribution is 6.03. The molecule has 0 fully saturated rings. The van der Waals surface area contributed by atoms with Crippen LogP contribution in [0.3, 0.4) is 0 Å². The maximum atomic E-state index is 9.57. The summed E-state index contributed by atoms with van der Waals surface area (Å²) in [4.78, 5) is 4.24. The minimum atomic E-state index is 0.489. The number of nitrogens with one attached hydrogen (secondary N) is 3. The summed E-state index contributed by atoms with van der Waals surface area (Å²) in [5.41, 5.74) is 7.92. The van der Waals surface area contributed by atoms with E-state index in [1.54, 1.807) is 6.07 Å². The van der Waals surface area contributed by atoms with Crippen LogP contribution in [0, 0.1) is 27.6 Å². The molecule has 6 heteroatoms. The first-order chi connectivity index (χ1) is 16.7. The van der Waals surface area contributed by atoms with Gasteiger partial charge in [-0.25, -0.2) is 0 Å². The molecule has 1 aliphatic rings. The monoisotopic (exact) mass is 440 g/mol. The molecule has 0 radical (unpaired) electrons. The number of rotatable bonds is 5.